The van der Waals surface area contributed by atoms with Crippen LogP contribution in [0.25, 0.3) is 55.7 Å². The van der Waals surface area contributed by atoms with E-state index in [1.54, 1.807) is 12.3 Å². The molecule has 0 bridgehead atoms. The Hall–Kier alpha value is -4.43. The standard InChI is InChI=1S/C29H24FN7/c30-22-5-3-4-19(11-22)23-6-7-32-28-24(23)13-26(34-28)27-25-12-21(16-33-29(25)36-35-27)20-10-18(14-31-15-20)17-37-8-1-2-9-37/h3-7,10-16H,1-2,8-9,17H2,(H,32,34)(H,33,35,36). The van der Waals surface area contributed by atoms with Gasteiger partial charge in [0.25, 0.3) is 0 Å². The molecule has 0 aliphatic carbocycles. The van der Waals surface area contributed by atoms with Crippen molar-refractivity contribution in [1.29, 1.82) is 0 Å². The molecule has 0 atom stereocenters. The molecule has 37 heavy (non-hydrogen) atoms. The second kappa shape index (κ2) is 8.90. The van der Waals surface area contributed by atoms with Gasteiger partial charge in [0.15, 0.2) is 5.65 Å². The van der Waals surface area contributed by atoms with Crippen LogP contribution in [0, 0.1) is 5.82 Å². The average molecular weight is 490 g/mol. The first-order chi connectivity index (χ1) is 18.2. The SMILES string of the molecule is Fc1cccc(-c2ccnc3[nH]c(-c4[nH]nc5ncc(-c6cncc(CN7CCCC7)c6)cc45)cc23)c1. The fourth-order valence-corrected chi connectivity index (χ4v) is 5.26. The Morgan fingerprint density at radius 2 is 1.76 bits per heavy atom. The van der Waals surface area contributed by atoms with E-state index in [-0.39, 0.29) is 5.82 Å². The second-order valence-corrected chi connectivity index (χ2v) is 9.57. The van der Waals surface area contributed by atoms with Gasteiger partial charge in [0.1, 0.15) is 11.5 Å². The first-order valence-electron chi connectivity index (χ1n) is 12.5. The maximum Gasteiger partial charge on any atom is 0.181 e. The van der Waals surface area contributed by atoms with Crippen molar-refractivity contribution in [3.8, 4) is 33.6 Å². The van der Waals surface area contributed by atoms with E-state index in [0.717, 1.165) is 69.7 Å². The van der Waals surface area contributed by atoms with Gasteiger partial charge >= 0.3 is 0 Å². The van der Waals surface area contributed by atoms with Gasteiger partial charge < -0.3 is 4.98 Å². The zero-order valence-electron chi connectivity index (χ0n) is 20.1. The van der Waals surface area contributed by atoms with Crippen molar-refractivity contribution in [3.05, 3.63) is 84.7 Å². The number of hydrogen-bond acceptors (Lipinski definition) is 5. The Labute approximate surface area is 212 Å². The number of nitrogens with zero attached hydrogens (tertiary/aromatic N) is 5. The van der Waals surface area contributed by atoms with Crippen LogP contribution in [0.4, 0.5) is 4.39 Å². The van der Waals surface area contributed by atoms with E-state index >= 15 is 0 Å². The van der Waals surface area contributed by atoms with Gasteiger partial charge in [-0.15, -0.1) is 0 Å². The van der Waals surface area contributed by atoms with Gasteiger partial charge in [0.05, 0.1) is 11.4 Å². The van der Waals surface area contributed by atoms with Crippen LogP contribution in [0.2, 0.25) is 0 Å². The third-order valence-corrected chi connectivity index (χ3v) is 7.08. The minimum atomic E-state index is -0.268. The number of likely N-dealkylation sites (tertiary alicyclic amines) is 1. The molecule has 7 nitrogen and oxygen atoms in total. The first kappa shape index (κ1) is 21.8. The smallest absolute Gasteiger partial charge is 0.181 e. The molecule has 1 fully saturated rings. The van der Waals surface area contributed by atoms with Gasteiger partial charge in [-0.3, -0.25) is 15.0 Å². The van der Waals surface area contributed by atoms with Crippen molar-refractivity contribution in [2.75, 3.05) is 13.1 Å². The van der Waals surface area contributed by atoms with Crippen molar-refractivity contribution in [1.82, 2.24) is 35.0 Å². The van der Waals surface area contributed by atoms with Crippen molar-refractivity contribution < 1.29 is 4.39 Å². The summed E-state index contributed by atoms with van der Waals surface area (Å²) in [5.74, 6) is -0.268. The number of aromatic amines is 2. The summed E-state index contributed by atoms with van der Waals surface area (Å²) >= 11 is 0. The van der Waals surface area contributed by atoms with Crippen molar-refractivity contribution in [3.63, 3.8) is 0 Å². The van der Waals surface area contributed by atoms with E-state index < -0.39 is 0 Å². The number of aromatic nitrogens is 6. The number of fused-ring (bicyclic) bond motifs is 2. The van der Waals surface area contributed by atoms with E-state index in [1.807, 2.05) is 36.8 Å². The van der Waals surface area contributed by atoms with Crippen LogP contribution >= 0.6 is 0 Å². The Morgan fingerprint density at radius 1 is 0.865 bits per heavy atom. The van der Waals surface area contributed by atoms with Gasteiger partial charge in [0, 0.05) is 53.2 Å². The predicted molar refractivity (Wildman–Crippen MR) is 142 cm³/mol. The molecule has 1 aliphatic heterocycles. The highest BCUT2D eigenvalue weighted by Gasteiger charge is 2.16. The highest BCUT2D eigenvalue weighted by molar-refractivity contribution is 5.99. The van der Waals surface area contributed by atoms with E-state index in [0.29, 0.717) is 5.65 Å². The monoisotopic (exact) mass is 489 g/mol. The molecule has 6 aromatic rings. The van der Waals surface area contributed by atoms with Crippen LogP contribution in [0.3, 0.4) is 0 Å². The number of rotatable bonds is 5. The first-order valence-corrected chi connectivity index (χ1v) is 12.5. The molecule has 0 amide bonds. The minimum Gasteiger partial charge on any atom is -0.338 e. The highest BCUT2D eigenvalue weighted by Crippen LogP contribution is 2.34. The Bertz CT molecular complexity index is 1750. The van der Waals surface area contributed by atoms with Crippen LogP contribution < -0.4 is 0 Å². The lowest BCUT2D eigenvalue weighted by Gasteiger charge is -2.14. The third kappa shape index (κ3) is 4.05. The van der Waals surface area contributed by atoms with Gasteiger partial charge in [0.2, 0.25) is 0 Å². The maximum absolute atomic E-state index is 13.9. The zero-order valence-corrected chi connectivity index (χ0v) is 20.1. The summed E-state index contributed by atoms with van der Waals surface area (Å²) in [5, 5.41) is 9.39. The quantitative estimate of drug-likeness (QED) is 0.312. The van der Waals surface area contributed by atoms with Crippen LogP contribution in [0.5, 0.6) is 0 Å². The molecule has 0 radical (unpaired) electrons. The summed E-state index contributed by atoms with van der Waals surface area (Å²) in [6.07, 6.45) is 9.95. The van der Waals surface area contributed by atoms with Crippen LogP contribution in [-0.4, -0.2) is 48.1 Å². The minimum absolute atomic E-state index is 0.268. The lowest BCUT2D eigenvalue weighted by Crippen LogP contribution is -2.18. The second-order valence-electron chi connectivity index (χ2n) is 9.57. The highest BCUT2D eigenvalue weighted by atomic mass is 19.1. The van der Waals surface area contributed by atoms with Crippen molar-refractivity contribution in [2.24, 2.45) is 0 Å². The molecular formula is C29H24FN7. The molecule has 5 aromatic heterocycles. The number of halogens is 1. The molecule has 1 saturated heterocycles. The molecule has 1 aromatic carbocycles. The predicted octanol–water partition coefficient (Wildman–Crippen LogP) is 5.97. The van der Waals surface area contributed by atoms with E-state index in [1.165, 1.54) is 30.5 Å². The Morgan fingerprint density at radius 3 is 2.65 bits per heavy atom. The van der Waals surface area contributed by atoms with E-state index in [4.69, 9.17) is 0 Å². The molecule has 6 heterocycles. The molecule has 1 aliphatic rings. The van der Waals surface area contributed by atoms with Crippen LogP contribution in [-0.2, 0) is 6.54 Å². The fraction of sp³-hybridized carbons (Fsp3) is 0.172. The molecule has 0 saturated carbocycles. The molecule has 0 spiro atoms. The zero-order chi connectivity index (χ0) is 24.8. The number of hydrogen-bond donors (Lipinski definition) is 2. The van der Waals surface area contributed by atoms with Crippen LogP contribution in [0.15, 0.2) is 73.3 Å². The van der Waals surface area contributed by atoms with E-state index in [2.05, 4.69) is 47.2 Å². The van der Waals surface area contributed by atoms with Crippen molar-refractivity contribution >= 4 is 22.1 Å². The lowest BCUT2D eigenvalue weighted by molar-refractivity contribution is 0.331. The summed E-state index contributed by atoms with van der Waals surface area (Å²) in [5.41, 5.74) is 7.97. The average Bonchev–Trinajstić information content (AvgIpc) is 3.67. The largest absolute Gasteiger partial charge is 0.338 e. The molecule has 2 N–H and O–H groups in total. The fourth-order valence-electron chi connectivity index (χ4n) is 5.26. The van der Waals surface area contributed by atoms with Gasteiger partial charge in [-0.1, -0.05) is 12.1 Å². The molecular weight excluding hydrogens is 465 g/mol. The summed E-state index contributed by atoms with van der Waals surface area (Å²) in [6, 6.07) is 14.8. The molecule has 182 valence electrons. The maximum atomic E-state index is 13.9. The number of nitrogens with one attached hydrogen (secondary N) is 2. The summed E-state index contributed by atoms with van der Waals surface area (Å²) in [4.78, 5) is 19.5. The molecule has 7 rings (SSSR count). The van der Waals surface area contributed by atoms with Crippen molar-refractivity contribution in [2.45, 2.75) is 19.4 Å². The Balaban J connectivity index is 1.28. The summed E-state index contributed by atoms with van der Waals surface area (Å²) in [7, 11) is 0. The Kier molecular flexibility index (Phi) is 5.25. The molecule has 8 heteroatoms. The van der Waals surface area contributed by atoms with E-state index in [9.17, 15) is 4.39 Å². The lowest BCUT2D eigenvalue weighted by atomic mass is 10.0. The van der Waals surface area contributed by atoms with Gasteiger partial charge in [-0.05, 0) is 79.0 Å². The third-order valence-electron chi connectivity index (χ3n) is 7.08. The topological polar surface area (TPSA) is 86.4 Å². The number of pyridine rings is 3. The normalized spacial score (nSPS) is 14.2. The summed E-state index contributed by atoms with van der Waals surface area (Å²) < 4.78 is 13.9. The van der Waals surface area contributed by atoms with Gasteiger partial charge in [-0.2, -0.15) is 5.10 Å². The number of H-pyrrole nitrogens is 2. The summed E-state index contributed by atoms with van der Waals surface area (Å²) in [6.45, 7) is 3.22. The van der Waals surface area contributed by atoms with Gasteiger partial charge in [-0.25, -0.2) is 14.4 Å². The molecule has 0 unspecified atom stereocenters. The number of benzene rings is 1. The van der Waals surface area contributed by atoms with Crippen LogP contribution in [0.1, 0.15) is 18.4 Å².